The number of fused-ring (bicyclic) bond motifs is 1. The van der Waals surface area contributed by atoms with Gasteiger partial charge in [-0.3, -0.25) is 0 Å². The zero-order chi connectivity index (χ0) is 16.4. The highest BCUT2D eigenvalue weighted by Gasteiger charge is 2.11. The van der Waals surface area contributed by atoms with Gasteiger partial charge in [0.05, 0.1) is 22.6 Å². The number of rotatable bonds is 4. The third-order valence-electron chi connectivity index (χ3n) is 3.62. The lowest BCUT2D eigenvalue weighted by atomic mass is 10.1. The summed E-state index contributed by atoms with van der Waals surface area (Å²) in [6, 6.07) is 14.0. The molecular weight excluding hydrogens is 368 g/mol. The highest BCUT2D eigenvalue weighted by atomic mass is 79.9. The summed E-state index contributed by atoms with van der Waals surface area (Å²) in [5.41, 5.74) is 3.76. The fourth-order valence-electron chi connectivity index (χ4n) is 2.43. The molecule has 0 bridgehead atoms. The molecule has 0 unspecified atom stereocenters. The Hall–Kier alpha value is -2.80. The van der Waals surface area contributed by atoms with E-state index in [-0.39, 0.29) is 0 Å². The van der Waals surface area contributed by atoms with Crippen molar-refractivity contribution in [3.8, 4) is 11.3 Å². The van der Waals surface area contributed by atoms with Gasteiger partial charge in [0.1, 0.15) is 5.82 Å². The van der Waals surface area contributed by atoms with Crippen LogP contribution in [0, 0.1) is 0 Å². The van der Waals surface area contributed by atoms with Crippen LogP contribution in [0.3, 0.4) is 0 Å². The molecule has 0 radical (unpaired) electrons. The molecule has 0 aliphatic heterocycles. The molecule has 0 saturated heterocycles. The molecule has 0 fully saturated rings. The molecule has 0 spiro atoms. The Morgan fingerprint density at radius 2 is 1.92 bits per heavy atom. The lowest BCUT2D eigenvalue weighted by Gasteiger charge is -2.10. The van der Waals surface area contributed by atoms with Crippen molar-refractivity contribution < 1.29 is 0 Å². The number of aromatic nitrogens is 5. The van der Waals surface area contributed by atoms with Gasteiger partial charge >= 0.3 is 0 Å². The van der Waals surface area contributed by atoms with E-state index in [9.17, 15) is 0 Å². The number of anilines is 1. The van der Waals surface area contributed by atoms with Gasteiger partial charge in [0.25, 0.3) is 0 Å². The predicted molar refractivity (Wildman–Crippen MR) is 95.5 cm³/mol. The largest absolute Gasteiger partial charge is 0.366 e. The Bertz CT molecular complexity index is 968. The maximum absolute atomic E-state index is 4.71. The van der Waals surface area contributed by atoms with Crippen LogP contribution in [-0.4, -0.2) is 24.8 Å². The second-order valence-corrected chi connectivity index (χ2v) is 6.08. The topological polar surface area (TPSA) is 68.0 Å². The highest BCUT2D eigenvalue weighted by Crippen LogP contribution is 2.25. The number of hydrogen-bond donors (Lipinski definition) is 1. The van der Waals surface area contributed by atoms with Crippen LogP contribution in [0.15, 0.2) is 65.5 Å². The number of halogens is 1. The molecule has 0 atom stereocenters. The normalized spacial score (nSPS) is 10.9. The molecule has 4 rings (SSSR count). The number of hydrogen-bond acceptors (Lipinski definition) is 5. The molecule has 3 aromatic heterocycles. The Morgan fingerprint density at radius 1 is 1.04 bits per heavy atom. The van der Waals surface area contributed by atoms with Crippen LogP contribution in [0.2, 0.25) is 0 Å². The Balaban J connectivity index is 1.76. The molecule has 1 aromatic carbocycles. The van der Waals surface area contributed by atoms with Gasteiger partial charge in [-0.05, 0) is 27.6 Å². The molecule has 1 N–H and O–H groups in total. The molecular formula is C17H13BrN6. The van der Waals surface area contributed by atoms with Gasteiger partial charge in [-0.2, -0.15) is 19.8 Å². The van der Waals surface area contributed by atoms with Crippen LogP contribution in [-0.2, 0) is 6.54 Å². The van der Waals surface area contributed by atoms with Crippen molar-refractivity contribution in [1.29, 1.82) is 0 Å². The molecule has 4 aromatic rings. The van der Waals surface area contributed by atoms with Gasteiger partial charge in [-0.1, -0.05) is 30.3 Å². The molecule has 0 amide bonds. The van der Waals surface area contributed by atoms with Gasteiger partial charge in [-0.25, -0.2) is 4.98 Å². The Morgan fingerprint density at radius 3 is 2.71 bits per heavy atom. The van der Waals surface area contributed by atoms with Crippen LogP contribution in [0.5, 0.6) is 0 Å². The lowest BCUT2D eigenvalue weighted by Crippen LogP contribution is -2.07. The van der Waals surface area contributed by atoms with Gasteiger partial charge in [-0.15, -0.1) is 0 Å². The fraction of sp³-hybridized carbons (Fsp3) is 0.0588. The van der Waals surface area contributed by atoms with Crippen molar-refractivity contribution in [3.63, 3.8) is 0 Å². The van der Waals surface area contributed by atoms with E-state index in [1.54, 1.807) is 23.1 Å². The highest BCUT2D eigenvalue weighted by molar-refractivity contribution is 9.10. The smallest absolute Gasteiger partial charge is 0.172 e. The summed E-state index contributed by atoms with van der Waals surface area (Å²) in [7, 11) is 0. The molecule has 6 nitrogen and oxygen atoms in total. The summed E-state index contributed by atoms with van der Waals surface area (Å²) >= 11 is 3.51. The van der Waals surface area contributed by atoms with E-state index in [2.05, 4.69) is 36.5 Å². The first-order chi connectivity index (χ1) is 11.8. The average Bonchev–Trinajstić information content (AvgIpc) is 3.02. The summed E-state index contributed by atoms with van der Waals surface area (Å²) in [5.74, 6) is 0.862. The van der Waals surface area contributed by atoms with Crippen molar-refractivity contribution in [2.45, 2.75) is 6.54 Å². The monoisotopic (exact) mass is 380 g/mol. The molecule has 118 valence electrons. The number of benzene rings is 1. The van der Waals surface area contributed by atoms with E-state index < -0.39 is 0 Å². The van der Waals surface area contributed by atoms with Crippen molar-refractivity contribution in [1.82, 2.24) is 24.8 Å². The zero-order valence-electron chi connectivity index (χ0n) is 12.6. The third kappa shape index (κ3) is 2.85. The second kappa shape index (κ2) is 6.37. The van der Waals surface area contributed by atoms with Crippen molar-refractivity contribution in [2.24, 2.45) is 0 Å². The van der Waals surface area contributed by atoms with Crippen LogP contribution < -0.4 is 5.32 Å². The quantitative estimate of drug-likeness (QED) is 0.586. The van der Waals surface area contributed by atoms with E-state index in [0.717, 1.165) is 32.8 Å². The maximum atomic E-state index is 4.71. The first-order valence-corrected chi connectivity index (χ1v) is 8.20. The van der Waals surface area contributed by atoms with Crippen molar-refractivity contribution >= 4 is 27.4 Å². The van der Waals surface area contributed by atoms with Gasteiger partial charge in [0, 0.05) is 24.4 Å². The van der Waals surface area contributed by atoms with Gasteiger partial charge in [0.15, 0.2) is 5.65 Å². The van der Waals surface area contributed by atoms with Crippen LogP contribution in [0.1, 0.15) is 5.56 Å². The van der Waals surface area contributed by atoms with Crippen LogP contribution >= 0.6 is 15.9 Å². The Kier molecular flexibility index (Phi) is 3.92. The van der Waals surface area contributed by atoms with Gasteiger partial charge in [0.2, 0.25) is 0 Å². The SMILES string of the molecule is Brc1cnn2c(NCc3ccnnc3)cc(-c3ccccc3)nc12. The van der Waals surface area contributed by atoms with Gasteiger partial charge < -0.3 is 5.32 Å². The molecule has 0 saturated carbocycles. The average molecular weight is 381 g/mol. The number of nitrogens with one attached hydrogen (secondary N) is 1. The standard InChI is InChI=1S/C17H13BrN6/c18-14-11-22-24-16(19-9-12-6-7-20-21-10-12)8-15(23-17(14)24)13-4-2-1-3-5-13/h1-8,10-11,19H,9H2. The Labute approximate surface area is 146 Å². The molecule has 0 aliphatic rings. The molecule has 3 heterocycles. The van der Waals surface area contributed by atoms with E-state index >= 15 is 0 Å². The first kappa shape index (κ1) is 14.8. The zero-order valence-corrected chi connectivity index (χ0v) is 14.2. The summed E-state index contributed by atoms with van der Waals surface area (Å²) in [5, 5.41) is 15.5. The van der Waals surface area contributed by atoms with E-state index in [1.807, 2.05) is 42.5 Å². The minimum atomic E-state index is 0.625. The predicted octanol–water partition coefficient (Wildman–Crippen LogP) is 3.56. The fourth-order valence-corrected chi connectivity index (χ4v) is 2.78. The van der Waals surface area contributed by atoms with E-state index in [1.165, 1.54) is 0 Å². The van der Waals surface area contributed by atoms with E-state index in [4.69, 9.17) is 4.98 Å². The summed E-state index contributed by atoms with van der Waals surface area (Å²) in [6.45, 7) is 0.625. The minimum absolute atomic E-state index is 0.625. The minimum Gasteiger partial charge on any atom is -0.366 e. The summed E-state index contributed by atoms with van der Waals surface area (Å²) in [4.78, 5) is 4.71. The van der Waals surface area contributed by atoms with E-state index in [0.29, 0.717) is 6.54 Å². The summed E-state index contributed by atoms with van der Waals surface area (Å²) < 4.78 is 2.64. The third-order valence-corrected chi connectivity index (χ3v) is 4.18. The maximum Gasteiger partial charge on any atom is 0.172 e. The second-order valence-electron chi connectivity index (χ2n) is 5.22. The summed E-state index contributed by atoms with van der Waals surface area (Å²) in [6.07, 6.45) is 5.16. The van der Waals surface area contributed by atoms with Crippen molar-refractivity contribution in [2.75, 3.05) is 5.32 Å². The molecule has 0 aliphatic carbocycles. The number of nitrogens with zero attached hydrogens (tertiary/aromatic N) is 5. The van der Waals surface area contributed by atoms with Crippen LogP contribution in [0.4, 0.5) is 5.82 Å². The first-order valence-electron chi connectivity index (χ1n) is 7.40. The molecule has 7 heteroatoms. The van der Waals surface area contributed by atoms with Crippen molar-refractivity contribution in [3.05, 3.63) is 71.1 Å². The molecule has 24 heavy (non-hydrogen) atoms. The van der Waals surface area contributed by atoms with Crippen LogP contribution in [0.25, 0.3) is 16.9 Å². The lowest BCUT2D eigenvalue weighted by molar-refractivity contribution is 0.919.